The summed E-state index contributed by atoms with van der Waals surface area (Å²) in [6.07, 6.45) is 0. The van der Waals surface area contributed by atoms with Crippen molar-refractivity contribution in [2.75, 3.05) is 12.4 Å². The molecule has 1 amide bonds. The third kappa shape index (κ3) is 2.78. The Morgan fingerprint density at radius 2 is 2.00 bits per heavy atom. The van der Waals surface area contributed by atoms with Crippen molar-refractivity contribution in [3.8, 4) is 10.4 Å². The van der Waals surface area contributed by atoms with Crippen molar-refractivity contribution in [3.05, 3.63) is 41.8 Å². The van der Waals surface area contributed by atoms with E-state index in [0.29, 0.717) is 0 Å². The molecule has 4 heteroatoms. The molecule has 2 N–H and O–H groups in total. The van der Waals surface area contributed by atoms with Crippen molar-refractivity contribution >= 4 is 22.9 Å². The summed E-state index contributed by atoms with van der Waals surface area (Å²) in [5, 5.41) is 7.92. The summed E-state index contributed by atoms with van der Waals surface area (Å²) in [5.41, 5.74) is 1.91. The van der Waals surface area contributed by atoms with Crippen LogP contribution < -0.4 is 10.6 Å². The lowest BCUT2D eigenvalue weighted by atomic mass is 10.1. The summed E-state index contributed by atoms with van der Waals surface area (Å²) in [6, 6.07) is 11.7. The summed E-state index contributed by atoms with van der Waals surface area (Å²) in [7, 11) is 1.77. The van der Waals surface area contributed by atoms with E-state index in [1.54, 1.807) is 18.4 Å². The SMILES string of the molecule is CNC(C)C(=O)Nc1ccccc1-c1cccs1. The number of hydrogen-bond acceptors (Lipinski definition) is 3. The molecule has 0 spiro atoms. The van der Waals surface area contributed by atoms with Crippen LogP contribution in [0, 0.1) is 0 Å². The van der Waals surface area contributed by atoms with Crippen molar-refractivity contribution in [1.29, 1.82) is 0 Å². The number of rotatable bonds is 4. The molecule has 0 aliphatic carbocycles. The van der Waals surface area contributed by atoms with Crippen LogP contribution in [-0.2, 0) is 4.79 Å². The first-order valence-electron chi connectivity index (χ1n) is 5.83. The van der Waals surface area contributed by atoms with Gasteiger partial charge < -0.3 is 10.6 Å². The van der Waals surface area contributed by atoms with Gasteiger partial charge in [0, 0.05) is 16.1 Å². The second-order valence-electron chi connectivity index (χ2n) is 4.02. The van der Waals surface area contributed by atoms with Crippen molar-refractivity contribution < 1.29 is 4.79 Å². The standard InChI is InChI=1S/C14H16N2OS/c1-10(15-2)14(17)16-12-7-4-3-6-11(12)13-8-5-9-18-13/h3-10,15H,1-2H3,(H,16,17). The molecule has 1 aromatic carbocycles. The number of anilines is 1. The smallest absolute Gasteiger partial charge is 0.241 e. The van der Waals surface area contributed by atoms with Crippen LogP contribution in [0.3, 0.4) is 0 Å². The molecule has 0 saturated carbocycles. The Hall–Kier alpha value is -1.65. The summed E-state index contributed by atoms with van der Waals surface area (Å²) in [6.45, 7) is 1.84. The van der Waals surface area contributed by atoms with Crippen LogP contribution >= 0.6 is 11.3 Å². The van der Waals surface area contributed by atoms with E-state index in [9.17, 15) is 4.79 Å². The minimum absolute atomic E-state index is 0.0264. The fraction of sp³-hybridized carbons (Fsp3) is 0.214. The molecule has 2 rings (SSSR count). The minimum atomic E-state index is -0.207. The van der Waals surface area contributed by atoms with Gasteiger partial charge in [0.15, 0.2) is 0 Å². The monoisotopic (exact) mass is 260 g/mol. The molecule has 3 nitrogen and oxygen atoms in total. The first-order valence-corrected chi connectivity index (χ1v) is 6.71. The number of benzene rings is 1. The van der Waals surface area contributed by atoms with Crippen LogP contribution in [0.25, 0.3) is 10.4 Å². The van der Waals surface area contributed by atoms with Gasteiger partial charge in [0.1, 0.15) is 0 Å². The number of hydrogen-bond donors (Lipinski definition) is 2. The van der Waals surface area contributed by atoms with Crippen LogP contribution in [0.15, 0.2) is 41.8 Å². The summed E-state index contributed by atoms with van der Waals surface area (Å²) >= 11 is 1.66. The van der Waals surface area contributed by atoms with Gasteiger partial charge in [-0.15, -0.1) is 11.3 Å². The first-order chi connectivity index (χ1) is 8.72. The van der Waals surface area contributed by atoms with E-state index in [0.717, 1.165) is 16.1 Å². The predicted octanol–water partition coefficient (Wildman–Crippen LogP) is 2.96. The van der Waals surface area contributed by atoms with Gasteiger partial charge >= 0.3 is 0 Å². The minimum Gasteiger partial charge on any atom is -0.324 e. The Bertz CT molecular complexity index is 522. The lowest BCUT2D eigenvalue weighted by Crippen LogP contribution is -2.35. The first kappa shape index (κ1) is 12.8. The van der Waals surface area contributed by atoms with Crippen LogP contribution in [0.4, 0.5) is 5.69 Å². The van der Waals surface area contributed by atoms with Gasteiger partial charge in [0.05, 0.1) is 6.04 Å². The predicted molar refractivity (Wildman–Crippen MR) is 76.9 cm³/mol. The van der Waals surface area contributed by atoms with Crippen molar-refractivity contribution in [3.63, 3.8) is 0 Å². The molecule has 1 unspecified atom stereocenters. The molecule has 0 saturated heterocycles. The molecule has 0 aliphatic rings. The van der Waals surface area contributed by atoms with Gasteiger partial charge in [-0.05, 0) is 31.5 Å². The Morgan fingerprint density at radius 1 is 1.22 bits per heavy atom. The topological polar surface area (TPSA) is 41.1 Å². The highest BCUT2D eigenvalue weighted by Crippen LogP contribution is 2.31. The highest BCUT2D eigenvalue weighted by Gasteiger charge is 2.13. The van der Waals surface area contributed by atoms with Crippen LogP contribution in [0.2, 0.25) is 0 Å². The zero-order valence-electron chi connectivity index (χ0n) is 10.4. The largest absolute Gasteiger partial charge is 0.324 e. The zero-order chi connectivity index (χ0) is 13.0. The molecular formula is C14H16N2OS. The molecule has 18 heavy (non-hydrogen) atoms. The molecule has 2 aromatic rings. The van der Waals surface area contributed by atoms with Crippen LogP contribution in [0.5, 0.6) is 0 Å². The van der Waals surface area contributed by atoms with E-state index in [1.807, 2.05) is 42.6 Å². The van der Waals surface area contributed by atoms with Gasteiger partial charge in [-0.2, -0.15) is 0 Å². The Kier molecular flexibility index (Phi) is 4.12. The van der Waals surface area contributed by atoms with Gasteiger partial charge in [-0.1, -0.05) is 24.3 Å². The van der Waals surface area contributed by atoms with Crippen molar-refractivity contribution in [2.45, 2.75) is 13.0 Å². The molecule has 1 aromatic heterocycles. The van der Waals surface area contributed by atoms with E-state index in [-0.39, 0.29) is 11.9 Å². The zero-order valence-corrected chi connectivity index (χ0v) is 11.3. The van der Waals surface area contributed by atoms with Gasteiger partial charge in [0.25, 0.3) is 0 Å². The lowest BCUT2D eigenvalue weighted by molar-refractivity contribution is -0.117. The van der Waals surface area contributed by atoms with Crippen LogP contribution in [-0.4, -0.2) is 19.0 Å². The maximum absolute atomic E-state index is 11.9. The fourth-order valence-corrected chi connectivity index (χ4v) is 2.38. The van der Waals surface area contributed by atoms with Gasteiger partial charge in [0.2, 0.25) is 5.91 Å². The van der Waals surface area contributed by atoms with E-state index in [2.05, 4.69) is 16.7 Å². The average Bonchev–Trinajstić information content (AvgIpc) is 2.92. The average molecular weight is 260 g/mol. The summed E-state index contributed by atoms with van der Waals surface area (Å²) < 4.78 is 0. The van der Waals surface area contributed by atoms with Gasteiger partial charge in [-0.3, -0.25) is 4.79 Å². The number of amides is 1. The molecule has 1 atom stereocenters. The third-order valence-corrected chi connectivity index (χ3v) is 3.70. The Balaban J connectivity index is 2.26. The molecular weight excluding hydrogens is 244 g/mol. The molecule has 94 valence electrons. The highest BCUT2D eigenvalue weighted by molar-refractivity contribution is 7.13. The molecule has 0 fully saturated rings. The molecule has 0 bridgehead atoms. The number of likely N-dealkylation sites (N-methyl/N-ethyl adjacent to an activating group) is 1. The Labute approximate surface area is 111 Å². The third-order valence-electron chi connectivity index (χ3n) is 2.80. The van der Waals surface area contributed by atoms with Crippen molar-refractivity contribution in [1.82, 2.24) is 5.32 Å². The Morgan fingerprint density at radius 3 is 2.67 bits per heavy atom. The molecule has 0 aliphatic heterocycles. The highest BCUT2D eigenvalue weighted by atomic mass is 32.1. The maximum atomic E-state index is 11.9. The quantitative estimate of drug-likeness (QED) is 0.887. The van der Waals surface area contributed by atoms with Crippen molar-refractivity contribution in [2.24, 2.45) is 0 Å². The molecule has 0 radical (unpaired) electrons. The van der Waals surface area contributed by atoms with Crippen LogP contribution in [0.1, 0.15) is 6.92 Å². The maximum Gasteiger partial charge on any atom is 0.241 e. The normalized spacial score (nSPS) is 12.1. The van der Waals surface area contributed by atoms with E-state index in [1.165, 1.54) is 0 Å². The number of nitrogens with one attached hydrogen (secondary N) is 2. The summed E-state index contributed by atoms with van der Waals surface area (Å²) in [5.74, 6) is -0.0264. The second-order valence-corrected chi connectivity index (χ2v) is 4.97. The number of carbonyl (C=O) groups excluding carboxylic acids is 1. The van der Waals surface area contributed by atoms with E-state index in [4.69, 9.17) is 0 Å². The molecule has 1 heterocycles. The second kappa shape index (κ2) is 5.80. The van der Waals surface area contributed by atoms with E-state index < -0.39 is 0 Å². The fourth-order valence-electron chi connectivity index (χ4n) is 1.61. The number of carbonyl (C=O) groups is 1. The van der Waals surface area contributed by atoms with Gasteiger partial charge in [-0.25, -0.2) is 0 Å². The number of para-hydroxylation sites is 1. The van der Waals surface area contributed by atoms with E-state index >= 15 is 0 Å². The number of thiophene rings is 1. The summed E-state index contributed by atoms with van der Waals surface area (Å²) in [4.78, 5) is 13.1. The lowest BCUT2D eigenvalue weighted by Gasteiger charge is -2.13.